The number of hydrogen-bond donors (Lipinski definition) is 0. The molecule has 7 heteroatoms. The lowest BCUT2D eigenvalue weighted by Crippen LogP contribution is -2.10. The van der Waals surface area contributed by atoms with Crippen LogP contribution in [0.3, 0.4) is 0 Å². The Hall–Kier alpha value is -2.34. The number of hydrogen-bond acceptors (Lipinski definition) is 6. The van der Waals surface area contributed by atoms with Crippen molar-refractivity contribution in [1.82, 2.24) is 4.98 Å². The summed E-state index contributed by atoms with van der Waals surface area (Å²) in [5.74, 6) is -1.89. The molecular weight excluding hydrogens is 298 g/mol. The zero-order valence-electron chi connectivity index (χ0n) is 11.6. The third-order valence-electron chi connectivity index (χ3n) is 2.80. The van der Waals surface area contributed by atoms with Crippen LogP contribution in [0.2, 0.25) is 5.02 Å². The lowest BCUT2D eigenvalue weighted by atomic mass is 10.1. The number of aryl methyl sites for hydroxylation is 1. The lowest BCUT2D eigenvalue weighted by Gasteiger charge is -2.02. The quantitative estimate of drug-likeness (QED) is 0.811. The van der Waals surface area contributed by atoms with E-state index in [-0.39, 0.29) is 17.3 Å². The van der Waals surface area contributed by atoms with Crippen molar-refractivity contribution in [2.24, 2.45) is 0 Å². The maximum atomic E-state index is 11.7. The highest BCUT2D eigenvalue weighted by molar-refractivity contribution is 6.33. The van der Waals surface area contributed by atoms with Crippen molar-refractivity contribution in [2.75, 3.05) is 14.2 Å². The molecular formula is C14H12ClNO5. The van der Waals surface area contributed by atoms with Crippen LogP contribution in [-0.4, -0.2) is 31.1 Å². The molecule has 0 fully saturated rings. The SMILES string of the molecule is COC(=O)c1nc(-c2cccc(C)c2Cl)oc1C(=O)OC. The number of methoxy groups -OCH3 is 2. The molecule has 110 valence electrons. The molecule has 6 nitrogen and oxygen atoms in total. The van der Waals surface area contributed by atoms with Crippen LogP contribution >= 0.6 is 11.6 Å². The van der Waals surface area contributed by atoms with Crippen molar-refractivity contribution in [2.45, 2.75) is 6.92 Å². The molecule has 0 unspecified atom stereocenters. The van der Waals surface area contributed by atoms with Gasteiger partial charge in [-0.05, 0) is 18.6 Å². The van der Waals surface area contributed by atoms with E-state index >= 15 is 0 Å². The standard InChI is InChI=1S/C14H12ClNO5/c1-7-5-4-6-8(9(7)15)12-16-10(13(17)19-2)11(21-12)14(18)20-3/h4-6H,1-3H3. The molecule has 0 saturated heterocycles. The third kappa shape index (κ3) is 2.75. The molecule has 0 aliphatic rings. The minimum Gasteiger partial charge on any atom is -0.464 e. The number of esters is 2. The first kappa shape index (κ1) is 15.1. The van der Waals surface area contributed by atoms with Gasteiger partial charge in [0, 0.05) is 0 Å². The Balaban J connectivity index is 2.61. The Labute approximate surface area is 125 Å². The summed E-state index contributed by atoms with van der Waals surface area (Å²) in [5, 5.41) is 0.423. The van der Waals surface area contributed by atoms with Gasteiger partial charge in [0.15, 0.2) is 0 Å². The first-order valence-electron chi connectivity index (χ1n) is 5.92. The summed E-state index contributed by atoms with van der Waals surface area (Å²) in [6.45, 7) is 1.82. The van der Waals surface area contributed by atoms with Crippen molar-refractivity contribution < 1.29 is 23.5 Å². The van der Waals surface area contributed by atoms with Gasteiger partial charge in [-0.25, -0.2) is 14.6 Å². The number of halogens is 1. The normalized spacial score (nSPS) is 10.3. The van der Waals surface area contributed by atoms with Gasteiger partial charge in [0.1, 0.15) is 0 Å². The largest absolute Gasteiger partial charge is 0.464 e. The molecule has 0 N–H and O–H groups in total. The van der Waals surface area contributed by atoms with Crippen LogP contribution in [0.15, 0.2) is 22.6 Å². The Morgan fingerprint density at radius 3 is 2.48 bits per heavy atom. The molecule has 1 aromatic heterocycles. The highest BCUT2D eigenvalue weighted by Gasteiger charge is 2.28. The number of ether oxygens (including phenoxy) is 2. The van der Waals surface area contributed by atoms with Crippen molar-refractivity contribution in [3.63, 3.8) is 0 Å². The molecule has 21 heavy (non-hydrogen) atoms. The van der Waals surface area contributed by atoms with E-state index in [1.54, 1.807) is 12.1 Å². The van der Waals surface area contributed by atoms with E-state index < -0.39 is 11.9 Å². The fourth-order valence-electron chi connectivity index (χ4n) is 1.71. The second-order valence-electron chi connectivity index (χ2n) is 4.12. The summed E-state index contributed by atoms with van der Waals surface area (Å²) in [7, 11) is 2.35. The van der Waals surface area contributed by atoms with E-state index in [1.165, 1.54) is 14.2 Å². The number of benzene rings is 1. The van der Waals surface area contributed by atoms with Gasteiger partial charge in [0.2, 0.25) is 17.3 Å². The van der Waals surface area contributed by atoms with Gasteiger partial charge >= 0.3 is 11.9 Å². The van der Waals surface area contributed by atoms with E-state index in [0.29, 0.717) is 10.6 Å². The van der Waals surface area contributed by atoms with Gasteiger partial charge in [-0.15, -0.1) is 0 Å². The van der Waals surface area contributed by atoms with Crippen molar-refractivity contribution in [3.05, 3.63) is 40.2 Å². The highest BCUT2D eigenvalue weighted by atomic mass is 35.5. The smallest absolute Gasteiger partial charge is 0.376 e. The second-order valence-corrected chi connectivity index (χ2v) is 4.49. The molecule has 2 rings (SSSR count). The van der Waals surface area contributed by atoms with Crippen molar-refractivity contribution in [1.29, 1.82) is 0 Å². The molecule has 0 spiro atoms. The Kier molecular flexibility index (Phi) is 4.28. The molecule has 0 radical (unpaired) electrons. The van der Waals surface area contributed by atoms with Gasteiger partial charge < -0.3 is 13.9 Å². The summed E-state index contributed by atoms with van der Waals surface area (Å²) in [6.07, 6.45) is 0. The minimum atomic E-state index is -0.821. The third-order valence-corrected chi connectivity index (χ3v) is 3.30. The maximum absolute atomic E-state index is 11.7. The van der Waals surface area contributed by atoms with Crippen LogP contribution in [-0.2, 0) is 9.47 Å². The highest BCUT2D eigenvalue weighted by Crippen LogP contribution is 2.31. The molecule has 0 atom stereocenters. The van der Waals surface area contributed by atoms with Crippen LogP contribution in [0.5, 0.6) is 0 Å². The van der Waals surface area contributed by atoms with Gasteiger partial charge in [-0.1, -0.05) is 23.7 Å². The van der Waals surface area contributed by atoms with E-state index in [4.69, 9.17) is 16.0 Å². The van der Waals surface area contributed by atoms with E-state index in [2.05, 4.69) is 14.5 Å². The molecule has 1 heterocycles. The van der Waals surface area contributed by atoms with Crippen molar-refractivity contribution >= 4 is 23.5 Å². The van der Waals surface area contributed by atoms with E-state index in [1.807, 2.05) is 13.0 Å². The molecule has 2 aromatic rings. The number of nitrogens with zero attached hydrogens (tertiary/aromatic N) is 1. The summed E-state index contributed by atoms with van der Waals surface area (Å²) in [4.78, 5) is 27.3. The number of carbonyl (C=O) groups is 2. The van der Waals surface area contributed by atoms with Gasteiger partial charge in [0.05, 0.1) is 24.8 Å². The molecule has 0 aliphatic carbocycles. The lowest BCUT2D eigenvalue weighted by molar-refractivity contribution is 0.0527. The Bertz CT molecular complexity index is 674. The predicted octanol–water partition coefficient (Wildman–Crippen LogP) is 2.88. The van der Waals surface area contributed by atoms with Crippen molar-refractivity contribution in [3.8, 4) is 11.5 Å². The Morgan fingerprint density at radius 2 is 1.86 bits per heavy atom. The number of rotatable bonds is 3. The first-order valence-corrected chi connectivity index (χ1v) is 6.30. The monoisotopic (exact) mass is 309 g/mol. The second kappa shape index (κ2) is 5.97. The summed E-state index contributed by atoms with van der Waals surface area (Å²) >= 11 is 6.18. The Morgan fingerprint density at radius 1 is 1.19 bits per heavy atom. The van der Waals surface area contributed by atoms with Crippen LogP contribution in [0.25, 0.3) is 11.5 Å². The van der Waals surface area contributed by atoms with Gasteiger partial charge in [-0.3, -0.25) is 0 Å². The number of carbonyl (C=O) groups excluding carboxylic acids is 2. The average molecular weight is 310 g/mol. The zero-order valence-corrected chi connectivity index (χ0v) is 12.4. The number of aromatic nitrogens is 1. The van der Waals surface area contributed by atoms with E-state index in [0.717, 1.165) is 5.56 Å². The molecule has 0 saturated carbocycles. The van der Waals surface area contributed by atoms with Gasteiger partial charge in [-0.2, -0.15) is 0 Å². The topological polar surface area (TPSA) is 78.6 Å². The van der Waals surface area contributed by atoms with Crippen LogP contribution < -0.4 is 0 Å². The molecule has 1 aromatic carbocycles. The molecule has 0 aliphatic heterocycles. The maximum Gasteiger partial charge on any atom is 0.376 e. The molecule has 0 bridgehead atoms. The summed E-state index contributed by atoms with van der Waals surface area (Å²) in [6, 6.07) is 5.25. The van der Waals surface area contributed by atoms with E-state index in [9.17, 15) is 9.59 Å². The van der Waals surface area contributed by atoms with Crippen LogP contribution in [0.4, 0.5) is 0 Å². The van der Waals surface area contributed by atoms with Crippen LogP contribution in [0.1, 0.15) is 26.6 Å². The number of oxazole rings is 1. The van der Waals surface area contributed by atoms with Gasteiger partial charge in [0.25, 0.3) is 0 Å². The first-order chi connectivity index (χ1) is 9.99. The zero-order chi connectivity index (χ0) is 15.6. The summed E-state index contributed by atoms with van der Waals surface area (Å²) in [5.41, 5.74) is 1.03. The summed E-state index contributed by atoms with van der Waals surface area (Å²) < 4.78 is 14.5. The fourth-order valence-corrected chi connectivity index (χ4v) is 1.92. The fraction of sp³-hybridized carbons (Fsp3) is 0.214. The molecule has 0 amide bonds. The minimum absolute atomic E-state index is 0.0458. The van der Waals surface area contributed by atoms with Crippen LogP contribution in [0, 0.1) is 6.92 Å². The predicted molar refractivity (Wildman–Crippen MR) is 74.4 cm³/mol. The average Bonchev–Trinajstić information content (AvgIpc) is 2.93.